The van der Waals surface area contributed by atoms with Crippen molar-refractivity contribution in [2.75, 3.05) is 12.4 Å². The number of H-pyrrole nitrogens is 1. The molecular weight excluding hydrogens is 360 g/mol. The van der Waals surface area contributed by atoms with E-state index in [4.69, 9.17) is 9.47 Å². The number of rotatable bonds is 5. The minimum Gasteiger partial charge on any atom is -0.387 e. The average molecular weight is 382 g/mol. The lowest BCUT2D eigenvalue weighted by atomic mass is 10.0. The van der Waals surface area contributed by atoms with E-state index in [1.165, 1.54) is 7.11 Å². The molecule has 2 aromatic heterocycles. The van der Waals surface area contributed by atoms with Crippen molar-refractivity contribution in [3.05, 3.63) is 15.2 Å². The van der Waals surface area contributed by atoms with Crippen LogP contribution in [-0.2, 0) is 14.3 Å². The van der Waals surface area contributed by atoms with Crippen LogP contribution in [0.25, 0.3) is 11.0 Å². The molecule has 1 saturated heterocycles. The van der Waals surface area contributed by atoms with Gasteiger partial charge in [-0.3, -0.25) is 19.9 Å². The molecule has 26 heavy (non-hydrogen) atoms. The number of hydrogen-bond acceptors (Lipinski definition) is 8. The molecule has 0 aliphatic carbocycles. The van der Waals surface area contributed by atoms with Gasteiger partial charge in [0, 0.05) is 13.0 Å². The highest BCUT2D eigenvalue weighted by Crippen LogP contribution is 2.40. The standard InChI is InChI=1S/C16H22N4O5S/c1-5-7-11(24-4)10(21)12(25-7)13-8-9(20-26-13)15(23)19-16(17-8)18-14(22)6(2)3/h6-7,10-12,21H,5H2,1-4H3,(H2,17,18,19,22,23)/t7-,10-,11-,12-/m1/s1. The van der Waals surface area contributed by atoms with Gasteiger partial charge in [-0.2, -0.15) is 4.37 Å². The molecule has 0 unspecified atom stereocenters. The molecule has 1 aliphatic heterocycles. The number of methoxy groups -OCH3 is 1. The summed E-state index contributed by atoms with van der Waals surface area (Å²) in [5, 5.41) is 13.2. The predicted molar refractivity (Wildman–Crippen MR) is 96.2 cm³/mol. The molecular formula is C16H22N4O5S. The van der Waals surface area contributed by atoms with E-state index in [9.17, 15) is 14.7 Å². The van der Waals surface area contributed by atoms with Crippen molar-refractivity contribution in [3.8, 4) is 0 Å². The van der Waals surface area contributed by atoms with Gasteiger partial charge in [0.05, 0.1) is 11.0 Å². The Labute approximate surface area is 153 Å². The van der Waals surface area contributed by atoms with Gasteiger partial charge < -0.3 is 14.6 Å². The number of carbonyl (C=O) groups excluding carboxylic acids is 1. The molecule has 1 amide bonds. The number of aliphatic hydroxyl groups is 1. The van der Waals surface area contributed by atoms with E-state index in [0.29, 0.717) is 16.8 Å². The highest BCUT2D eigenvalue weighted by molar-refractivity contribution is 7.07. The Kier molecular flexibility index (Phi) is 5.37. The fourth-order valence-corrected chi connectivity index (χ4v) is 3.83. The van der Waals surface area contributed by atoms with E-state index in [1.807, 2.05) is 6.92 Å². The van der Waals surface area contributed by atoms with Gasteiger partial charge in [-0.05, 0) is 18.0 Å². The predicted octanol–water partition coefficient (Wildman–Crippen LogP) is 1.20. The summed E-state index contributed by atoms with van der Waals surface area (Å²) >= 11 is 1.05. The lowest BCUT2D eigenvalue weighted by Crippen LogP contribution is -2.32. The van der Waals surface area contributed by atoms with Crippen molar-refractivity contribution < 1.29 is 19.4 Å². The van der Waals surface area contributed by atoms with Crippen LogP contribution in [0.1, 0.15) is 38.2 Å². The van der Waals surface area contributed by atoms with Crippen LogP contribution in [0.15, 0.2) is 4.79 Å². The van der Waals surface area contributed by atoms with Crippen LogP contribution in [0, 0.1) is 5.92 Å². The van der Waals surface area contributed by atoms with E-state index in [0.717, 1.165) is 11.5 Å². The summed E-state index contributed by atoms with van der Waals surface area (Å²) < 4.78 is 15.4. The van der Waals surface area contributed by atoms with Gasteiger partial charge in [-0.15, -0.1) is 0 Å². The van der Waals surface area contributed by atoms with Gasteiger partial charge in [-0.25, -0.2) is 4.98 Å². The minimum absolute atomic E-state index is 0.0467. The Balaban J connectivity index is 2.01. The fraction of sp³-hybridized carbons (Fsp3) is 0.625. The van der Waals surface area contributed by atoms with E-state index in [-0.39, 0.29) is 29.4 Å². The quantitative estimate of drug-likeness (QED) is 0.709. The fourth-order valence-electron chi connectivity index (χ4n) is 2.94. The van der Waals surface area contributed by atoms with Crippen molar-refractivity contribution in [1.82, 2.24) is 14.3 Å². The largest absolute Gasteiger partial charge is 0.387 e. The van der Waals surface area contributed by atoms with E-state index >= 15 is 0 Å². The van der Waals surface area contributed by atoms with Crippen molar-refractivity contribution in [2.24, 2.45) is 5.92 Å². The first kappa shape index (κ1) is 18.9. The number of anilines is 1. The SMILES string of the molecule is CC[C@H]1O[C@@H](c2snc3c(=O)[nH]c(NC(=O)C(C)C)nc23)[C@H](O)[C@@H]1OC. The Bertz CT molecular complexity index is 864. The second-order valence-electron chi connectivity index (χ2n) is 6.50. The molecule has 142 valence electrons. The number of ether oxygens (including phenoxy) is 2. The first-order chi connectivity index (χ1) is 12.4. The number of aromatic amines is 1. The molecule has 2 aromatic rings. The lowest BCUT2D eigenvalue weighted by molar-refractivity contribution is -0.118. The molecule has 3 N–H and O–H groups in total. The molecule has 1 aliphatic rings. The monoisotopic (exact) mass is 382 g/mol. The van der Waals surface area contributed by atoms with Crippen molar-refractivity contribution >= 4 is 34.4 Å². The summed E-state index contributed by atoms with van der Waals surface area (Å²) in [5.41, 5.74) is 0.00472. The molecule has 1 fully saturated rings. The average Bonchev–Trinajstić information content (AvgIpc) is 3.15. The third-order valence-electron chi connectivity index (χ3n) is 4.40. The zero-order chi connectivity index (χ0) is 19.0. The Morgan fingerprint density at radius 3 is 2.77 bits per heavy atom. The number of nitrogens with zero attached hydrogens (tertiary/aromatic N) is 2. The smallest absolute Gasteiger partial charge is 0.279 e. The van der Waals surface area contributed by atoms with Gasteiger partial charge in [0.25, 0.3) is 5.56 Å². The van der Waals surface area contributed by atoms with Crippen LogP contribution >= 0.6 is 11.5 Å². The Morgan fingerprint density at radius 2 is 2.19 bits per heavy atom. The molecule has 10 heteroatoms. The van der Waals surface area contributed by atoms with Crippen molar-refractivity contribution in [3.63, 3.8) is 0 Å². The minimum atomic E-state index is -0.900. The highest BCUT2D eigenvalue weighted by Gasteiger charge is 2.45. The van der Waals surface area contributed by atoms with Gasteiger partial charge in [0.15, 0.2) is 5.52 Å². The van der Waals surface area contributed by atoms with Crippen LogP contribution in [0.4, 0.5) is 5.95 Å². The van der Waals surface area contributed by atoms with Crippen molar-refractivity contribution in [2.45, 2.75) is 51.6 Å². The Morgan fingerprint density at radius 1 is 1.46 bits per heavy atom. The van der Waals surface area contributed by atoms with E-state index in [2.05, 4.69) is 19.7 Å². The number of aromatic nitrogens is 3. The zero-order valence-corrected chi connectivity index (χ0v) is 15.8. The van der Waals surface area contributed by atoms with Gasteiger partial charge >= 0.3 is 0 Å². The normalized spacial score (nSPS) is 25.9. The van der Waals surface area contributed by atoms with Gasteiger partial charge in [0.1, 0.15) is 23.8 Å². The molecule has 3 heterocycles. The van der Waals surface area contributed by atoms with Crippen LogP contribution in [-0.4, -0.2) is 50.8 Å². The summed E-state index contributed by atoms with van der Waals surface area (Å²) in [5.74, 6) is -0.478. The maximum Gasteiger partial charge on any atom is 0.279 e. The second-order valence-corrected chi connectivity index (χ2v) is 7.30. The molecule has 0 bridgehead atoms. The van der Waals surface area contributed by atoms with Crippen molar-refractivity contribution in [1.29, 1.82) is 0 Å². The maximum absolute atomic E-state index is 12.3. The van der Waals surface area contributed by atoms with Crippen LogP contribution < -0.4 is 10.9 Å². The first-order valence-corrected chi connectivity index (χ1v) is 9.21. The van der Waals surface area contributed by atoms with Crippen LogP contribution in [0.5, 0.6) is 0 Å². The first-order valence-electron chi connectivity index (χ1n) is 8.44. The summed E-state index contributed by atoms with van der Waals surface area (Å²) in [4.78, 5) is 31.5. The van der Waals surface area contributed by atoms with Gasteiger partial charge in [-0.1, -0.05) is 20.8 Å². The van der Waals surface area contributed by atoms with E-state index in [1.54, 1.807) is 13.8 Å². The third kappa shape index (κ3) is 3.25. The van der Waals surface area contributed by atoms with Crippen LogP contribution in [0.2, 0.25) is 0 Å². The zero-order valence-electron chi connectivity index (χ0n) is 15.0. The Hall–Kier alpha value is -1.88. The maximum atomic E-state index is 12.3. The number of nitrogens with one attached hydrogen (secondary N) is 2. The summed E-state index contributed by atoms with van der Waals surface area (Å²) in [6, 6.07) is 0. The van der Waals surface area contributed by atoms with Gasteiger partial charge in [0.2, 0.25) is 11.9 Å². The highest BCUT2D eigenvalue weighted by atomic mass is 32.1. The third-order valence-corrected chi connectivity index (χ3v) is 5.29. The number of aliphatic hydroxyl groups excluding tert-OH is 1. The van der Waals surface area contributed by atoms with E-state index < -0.39 is 23.9 Å². The molecule has 0 saturated carbocycles. The molecule has 0 aromatic carbocycles. The molecule has 0 spiro atoms. The molecule has 9 nitrogen and oxygen atoms in total. The number of carbonyl (C=O) groups is 1. The molecule has 0 radical (unpaired) electrons. The molecule has 3 rings (SSSR count). The van der Waals surface area contributed by atoms with Crippen LogP contribution in [0.3, 0.4) is 0 Å². The lowest BCUT2D eigenvalue weighted by Gasteiger charge is -2.16. The summed E-state index contributed by atoms with van der Waals surface area (Å²) in [6.07, 6.45) is -1.65. The second kappa shape index (κ2) is 7.39. The topological polar surface area (TPSA) is 126 Å². The number of amides is 1. The summed E-state index contributed by atoms with van der Waals surface area (Å²) in [6.45, 7) is 5.42. The number of fused-ring (bicyclic) bond motifs is 1. The molecule has 4 atom stereocenters. The number of hydrogen-bond donors (Lipinski definition) is 3. The summed E-state index contributed by atoms with van der Waals surface area (Å²) in [7, 11) is 1.52.